The zero-order chi connectivity index (χ0) is 12.3. The molecule has 1 N–H and O–H groups in total. The maximum Gasteiger partial charge on any atom is 0.350 e. The number of aryl methyl sites for hydroxylation is 1. The van der Waals surface area contributed by atoms with Crippen LogP contribution in [0.4, 0.5) is 0 Å². The molecule has 0 unspecified atom stereocenters. The van der Waals surface area contributed by atoms with Crippen LogP contribution in [0.1, 0.15) is 47.1 Å². The van der Waals surface area contributed by atoms with Gasteiger partial charge in [-0.3, -0.25) is 0 Å². The highest BCUT2D eigenvalue weighted by Gasteiger charge is 2.22. The number of carbonyl (C=O) groups excluding carboxylic acids is 1. The largest absolute Gasteiger partial charge is 0.462 e. The molecule has 0 aromatic carbocycles. The molecule has 0 atom stereocenters. The smallest absolute Gasteiger partial charge is 0.350 e. The normalized spacial score (nSPS) is 14.9. The number of hydrogen-bond acceptors (Lipinski definition) is 5. The highest BCUT2D eigenvalue weighted by Crippen LogP contribution is 2.23. The number of nitrogens with zero attached hydrogens (tertiary/aromatic N) is 1. The first kappa shape index (κ1) is 12.5. The third kappa shape index (κ3) is 3.26. The molecule has 0 amide bonds. The summed E-state index contributed by atoms with van der Waals surface area (Å²) in [5.74, 6) is -0.237. The topological polar surface area (TPSA) is 51.2 Å². The fraction of sp³-hybridized carbons (Fsp3) is 0.667. The van der Waals surface area contributed by atoms with E-state index in [-0.39, 0.29) is 5.97 Å². The highest BCUT2D eigenvalue weighted by atomic mass is 32.1. The van der Waals surface area contributed by atoms with Gasteiger partial charge in [-0.2, -0.15) is 0 Å². The molecule has 1 aliphatic rings. The SMILES string of the molecule is CCOC(=O)c1sc(CNC2CC2)nc1CC. The Labute approximate surface area is 105 Å². The molecular weight excluding hydrogens is 236 g/mol. The molecule has 0 aliphatic heterocycles. The molecule has 0 spiro atoms. The number of carbonyl (C=O) groups is 1. The number of aromatic nitrogens is 1. The summed E-state index contributed by atoms with van der Waals surface area (Å²) in [7, 11) is 0. The van der Waals surface area contributed by atoms with E-state index in [4.69, 9.17) is 4.74 Å². The zero-order valence-corrected chi connectivity index (χ0v) is 11.1. The van der Waals surface area contributed by atoms with Crippen molar-refractivity contribution in [2.45, 2.75) is 45.7 Å². The van der Waals surface area contributed by atoms with Gasteiger partial charge >= 0.3 is 5.97 Å². The van der Waals surface area contributed by atoms with Crippen molar-refractivity contribution >= 4 is 17.3 Å². The molecule has 4 nitrogen and oxygen atoms in total. The van der Waals surface area contributed by atoms with E-state index in [1.165, 1.54) is 24.2 Å². The molecule has 1 aromatic rings. The summed E-state index contributed by atoms with van der Waals surface area (Å²) in [6, 6.07) is 0.662. The molecule has 1 fully saturated rings. The lowest BCUT2D eigenvalue weighted by Gasteiger charge is -1.99. The monoisotopic (exact) mass is 254 g/mol. The van der Waals surface area contributed by atoms with Crippen molar-refractivity contribution in [2.75, 3.05) is 6.61 Å². The van der Waals surface area contributed by atoms with Gasteiger partial charge in [-0.05, 0) is 26.2 Å². The lowest BCUT2D eigenvalue weighted by atomic mass is 10.3. The Morgan fingerprint density at radius 1 is 1.53 bits per heavy atom. The molecule has 94 valence electrons. The second kappa shape index (κ2) is 5.60. The van der Waals surface area contributed by atoms with Crippen molar-refractivity contribution in [1.29, 1.82) is 0 Å². The van der Waals surface area contributed by atoms with Crippen LogP contribution in [0.15, 0.2) is 0 Å². The second-order valence-electron chi connectivity index (χ2n) is 4.11. The van der Waals surface area contributed by atoms with Gasteiger partial charge in [0.15, 0.2) is 0 Å². The second-order valence-corrected chi connectivity index (χ2v) is 5.20. The summed E-state index contributed by atoms with van der Waals surface area (Å²) < 4.78 is 5.03. The van der Waals surface area contributed by atoms with E-state index < -0.39 is 0 Å². The van der Waals surface area contributed by atoms with Crippen molar-refractivity contribution < 1.29 is 9.53 Å². The fourth-order valence-electron chi connectivity index (χ4n) is 1.59. The van der Waals surface area contributed by atoms with Crippen LogP contribution in [-0.4, -0.2) is 23.6 Å². The van der Waals surface area contributed by atoms with Gasteiger partial charge in [0.25, 0.3) is 0 Å². The van der Waals surface area contributed by atoms with Crippen molar-refractivity contribution in [3.8, 4) is 0 Å². The summed E-state index contributed by atoms with van der Waals surface area (Å²) in [5.41, 5.74) is 0.862. The third-order valence-corrected chi connectivity index (χ3v) is 3.73. The Hall–Kier alpha value is -0.940. The standard InChI is InChI=1S/C12H18N2O2S/c1-3-9-11(12(15)16-4-2)17-10(14-9)7-13-8-5-6-8/h8,13H,3-7H2,1-2H3. The van der Waals surface area contributed by atoms with Crippen molar-refractivity contribution in [1.82, 2.24) is 10.3 Å². The van der Waals surface area contributed by atoms with Gasteiger partial charge in [0.2, 0.25) is 0 Å². The van der Waals surface area contributed by atoms with Crippen molar-refractivity contribution in [3.63, 3.8) is 0 Å². The predicted molar refractivity (Wildman–Crippen MR) is 67.3 cm³/mol. The number of ether oxygens (including phenoxy) is 1. The fourth-order valence-corrected chi connectivity index (χ4v) is 2.59. The molecule has 1 saturated carbocycles. The summed E-state index contributed by atoms with van der Waals surface area (Å²) in [6.45, 7) is 5.01. The van der Waals surface area contributed by atoms with Gasteiger partial charge in [-0.25, -0.2) is 9.78 Å². The molecule has 0 radical (unpaired) electrons. The average molecular weight is 254 g/mol. The van der Waals surface area contributed by atoms with E-state index in [0.29, 0.717) is 17.5 Å². The number of rotatable bonds is 6. The van der Waals surface area contributed by atoms with Gasteiger partial charge < -0.3 is 10.1 Å². The quantitative estimate of drug-likeness (QED) is 0.790. The molecule has 2 rings (SSSR count). The Bertz CT molecular complexity index is 399. The van der Waals surface area contributed by atoms with Crippen LogP contribution in [0, 0.1) is 0 Å². The Morgan fingerprint density at radius 2 is 2.29 bits per heavy atom. The molecular formula is C12H18N2O2S. The summed E-state index contributed by atoms with van der Waals surface area (Å²) in [4.78, 5) is 16.9. The van der Waals surface area contributed by atoms with Crippen LogP contribution < -0.4 is 5.32 Å². The molecule has 17 heavy (non-hydrogen) atoms. The molecule has 5 heteroatoms. The van der Waals surface area contributed by atoms with E-state index in [1.54, 1.807) is 0 Å². The van der Waals surface area contributed by atoms with Crippen molar-refractivity contribution in [2.24, 2.45) is 0 Å². The summed E-state index contributed by atoms with van der Waals surface area (Å²) in [5, 5.41) is 4.39. The van der Waals surface area contributed by atoms with Gasteiger partial charge in [-0.15, -0.1) is 11.3 Å². The minimum absolute atomic E-state index is 0.237. The summed E-state index contributed by atoms with van der Waals surface area (Å²) >= 11 is 1.45. The van der Waals surface area contributed by atoms with Crippen LogP contribution >= 0.6 is 11.3 Å². The number of nitrogens with one attached hydrogen (secondary N) is 1. The predicted octanol–water partition coefficient (Wildman–Crippen LogP) is 2.13. The van der Waals surface area contributed by atoms with E-state index in [1.807, 2.05) is 13.8 Å². The third-order valence-electron chi connectivity index (χ3n) is 2.66. The maximum absolute atomic E-state index is 11.7. The zero-order valence-electron chi connectivity index (χ0n) is 10.3. The molecule has 1 aliphatic carbocycles. The van der Waals surface area contributed by atoms with Gasteiger partial charge in [0.05, 0.1) is 12.3 Å². The molecule has 0 saturated heterocycles. The van der Waals surface area contributed by atoms with E-state index in [9.17, 15) is 4.79 Å². The van der Waals surface area contributed by atoms with Crippen LogP contribution in [0.25, 0.3) is 0 Å². The first-order chi connectivity index (χ1) is 8.24. The van der Waals surface area contributed by atoms with Crippen LogP contribution in [0.3, 0.4) is 0 Å². The van der Waals surface area contributed by atoms with Crippen LogP contribution in [0.2, 0.25) is 0 Å². The van der Waals surface area contributed by atoms with Crippen LogP contribution in [0.5, 0.6) is 0 Å². The van der Waals surface area contributed by atoms with Gasteiger partial charge in [0.1, 0.15) is 9.88 Å². The van der Waals surface area contributed by atoms with E-state index in [2.05, 4.69) is 10.3 Å². The maximum atomic E-state index is 11.7. The Morgan fingerprint density at radius 3 is 2.88 bits per heavy atom. The van der Waals surface area contributed by atoms with Gasteiger partial charge in [0, 0.05) is 12.6 Å². The molecule has 1 aromatic heterocycles. The number of esters is 1. The minimum atomic E-state index is -0.237. The highest BCUT2D eigenvalue weighted by molar-refractivity contribution is 7.13. The molecule has 0 bridgehead atoms. The van der Waals surface area contributed by atoms with E-state index in [0.717, 1.165) is 23.7 Å². The summed E-state index contributed by atoms with van der Waals surface area (Å²) in [6.07, 6.45) is 3.29. The van der Waals surface area contributed by atoms with E-state index >= 15 is 0 Å². The molecule has 1 heterocycles. The Balaban J connectivity index is 2.04. The average Bonchev–Trinajstić information content (AvgIpc) is 3.05. The first-order valence-electron chi connectivity index (χ1n) is 6.13. The van der Waals surface area contributed by atoms with Crippen molar-refractivity contribution in [3.05, 3.63) is 15.6 Å². The van der Waals surface area contributed by atoms with Gasteiger partial charge in [-0.1, -0.05) is 6.92 Å². The minimum Gasteiger partial charge on any atom is -0.462 e. The first-order valence-corrected chi connectivity index (χ1v) is 6.95. The number of thiazole rings is 1. The Kier molecular flexibility index (Phi) is 4.12. The van der Waals surface area contributed by atoms with Crippen LogP contribution in [-0.2, 0) is 17.7 Å². The number of hydrogen-bond donors (Lipinski definition) is 1. The lowest BCUT2D eigenvalue weighted by molar-refractivity contribution is 0.0530. The lowest BCUT2D eigenvalue weighted by Crippen LogP contribution is -2.14.